The standard InChI is InChI=1S/C24H26BrNO4/c1-3-29-23(27)21(24(28)30-4-2)14-11-18-16-26(22-8-6-5-7-20(18)22)15-17-9-12-19(25)13-10-17/h5-10,12-13,16,21H,3-4,11,14-15H2,1-2H3. The Bertz CT molecular complexity index is 992. The molecule has 0 N–H and O–H groups in total. The van der Waals surface area contributed by atoms with Gasteiger partial charge in [-0.1, -0.05) is 46.3 Å². The maximum atomic E-state index is 12.3. The number of para-hydroxylation sites is 1. The van der Waals surface area contributed by atoms with Crippen LogP contribution in [0.15, 0.2) is 59.2 Å². The topological polar surface area (TPSA) is 57.5 Å². The van der Waals surface area contributed by atoms with Gasteiger partial charge in [0.05, 0.1) is 13.2 Å². The van der Waals surface area contributed by atoms with E-state index in [1.165, 1.54) is 5.56 Å². The van der Waals surface area contributed by atoms with Crippen LogP contribution >= 0.6 is 15.9 Å². The van der Waals surface area contributed by atoms with Crippen LogP contribution in [0.5, 0.6) is 0 Å². The molecule has 0 radical (unpaired) electrons. The average Bonchev–Trinajstić information content (AvgIpc) is 3.08. The van der Waals surface area contributed by atoms with Crippen molar-refractivity contribution in [3.05, 3.63) is 70.3 Å². The lowest BCUT2D eigenvalue weighted by Gasteiger charge is -2.14. The zero-order valence-corrected chi connectivity index (χ0v) is 18.9. The highest BCUT2D eigenvalue weighted by atomic mass is 79.9. The second-order valence-electron chi connectivity index (χ2n) is 7.02. The van der Waals surface area contributed by atoms with E-state index < -0.39 is 17.9 Å². The van der Waals surface area contributed by atoms with Crippen molar-refractivity contribution in [1.82, 2.24) is 4.57 Å². The number of ether oxygens (including phenoxy) is 2. The Morgan fingerprint density at radius 3 is 2.23 bits per heavy atom. The Balaban J connectivity index is 1.83. The van der Waals surface area contributed by atoms with Gasteiger partial charge in [-0.3, -0.25) is 9.59 Å². The quantitative estimate of drug-likeness (QED) is 0.320. The third-order valence-electron chi connectivity index (χ3n) is 4.98. The molecule has 0 aliphatic rings. The van der Waals surface area contributed by atoms with E-state index in [0.717, 1.165) is 27.5 Å². The highest BCUT2D eigenvalue weighted by Crippen LogP contribution is 2.25. The zero-order valence-electron chi connectivity index (χ0n) is 17.3. The number of carbonyl (C=O) groups excluding carboxylic acids is 2. The van der Waals surface area contributed by atoms with Gasteiger partial charge in [-0.15, -0.1) is 0 Å². The molecule has 0 saturated carbocycles. The minimum atomic E-state index is -0.904. The monoisotopic (exact) mass is 471 g/mol. The van der Waals surface area contributed by atoms with Crippen LogP contribution in [-0.4, -0.2) is 29.7 Å². The Morgan fingerprint density at radius 1 is 0.967 bits per heavy atom. The molecule has 0 saturated heterocycles. The molecule has 3 rings (SSSR count). The second-order valence-corrected chi connectivity index (χ2v) is 7.94. The molecule has 1 aromatic heterocycles. The first kappa shape index (κ1) is 22.1. The number of carbonyl (C=O) groups is 2. The van der Waals surface area contributed by atoms with Crippen molar-refractivity contribution >= 4 is 38.8 Å². The van der Waals surface area contributed by atoms with E-state index in [-0.39, 0.29) is 13.2 Å². The van der Waals surface area contributed by atoms with E-state index in [9.17, 15) is 9.59 Å². The van der Waals surface area contributed by atoms with Gasteiger partial charge in [0.15, 0.2) is 5.92 Å². The summed E-state index contributed by atoms with van der Waals surface area (Å²) in [7, 11) is 0. The number of halogens is 1. The molecule has 0 atom stereocenters. The van der Waals surface area contributed by atoms with E-state index in [1.807, 2.05) is 24.3 Å². The van der Waals surface area contributed by atoms with Crippen molar-refractivity contribution < 1.29 is 19.1 Å². The summed E-state index contributed by atoms with van der Waals surface area (Å²) in [6.45, 7) is 4.68. The first-order valence-electron chi connectivity index (χ1n) is 10.2. The molecule has 0 aliphatic carbocycles. The number of aryl methyl sites for hydroxylation is 1. The minimum absolute atomic E-state index is 0.237. The van der Waals surface area contributed by atoms with Crippen molar-refractivity contribution in [3.8, 4) is 0 Å². The maximum absolute atomic E-state index is 12.3. The SMILES string of the molecule is CCOC(=O)C(CCc1cn(Cc2ccc(Br)cc2)c2ccccc12)C(=O)OCC. The predicted octanol–water partition coefficient (Wildman–Crippen LogP) is 5.13. The Kier molecular flexibility index (Phi) is 7.69. The smallest absolute Gasteiger partial charge is 0.320 e. The van der Waals surface area contributed by atoms with Crippen LogP contribution in [0.2, 0.25) is 0 Å². The van der Waals surface area contributed by atoms with E-state index in [1.54, 1.807) is 13.8 Å². The van der Waals surface area contributed by atoms with Gasteiger partial charge in [0.2, 0.25) is 0 Å². The molecule has 3 aromatic rings. The van der Waals surface area contributed by atoms with Crippen molar-refractivity contribution in [1.29, 1.82) is 0 Å². The molecular weight excluding hydrogens is 446 g/mol. The summed E-state index contributed by atoms with van der Waals surface area (Å²) < 4.78 is 13.4. The molecule has 0 unspecified atom stereocenters. The molecule has 158 valence electrons. The lowest BCUT2D eigenvalue weighted by atomic mass is 9.99. The van der Waals surface area contributed by atoms with E-state index in [2.05, 4.69) is 51.0 Å². The van der Waals surface area contributed by atoms with Crippen LogP contribution in [0.25, 0.3) is 10.9 Å². The number of aromatic nitrogens is 1. The molecule has 0 aliphatic heterocycles. The summed E-state index contributed by atoms with van der Waals surface area (Å²) in [4.78, 5) is 24.6. The Labute approximate surface area is 185 Å². The molecule has 0 bridgehead atoms. The third kappa shape index (κ3) is 5.30. The molecule has 1 heterocycles. The maximum Gasteiger partial charge on any atom is 0.320 e. The van der Waals surface area contributed by atoms with Crippen LogP contribution < -0.4 is 0 Å². The zero-order chi connectivity index (χ0) is 21.5. The fourth-order valence-electron chi connectivity index (χ4n) is 3.56. The fourth-order valence-corrected chi connectivity index (χ4v) is 3.82. The molecule has 0 spiro atoms. The van der Waals surface area contributed by atoms with Gasteiger partial charge in [-0.25, -0.2) is 0 Å². The van der Waals surface area contributed by atoms with Gasteiger partial charge in [-0.2, -0.15) is 0 Å². The molecule has 5 nitrogen and oxygen atoms in total. The highest BCUT2D eigenvalue weighted by Gasteiger charge is 2.29. The van der Waals surface area contributed by atoms with Gasteiger partial charge >= 0.3 is 11.9 Å². The van der Waals surface area contributed by atoms with Gasteiger partial charge in [0.1, 0.15) is 0 Å². The van der Waals surface area contributed by atoms with Gasteiger partial charge in [0.25, 0.3) is 0 Å². The minimum Gasteiger partial charge on any atom is -0.465 e. The number of nitrogens with zero attached hydrogens (tertiary/aromatic N) is 1. The highest BCUT2D eigenvalue weighted by molar-refractivity contribution is 9.10. The van der Waals surface area contributed by atoms with Gasteiger partial charge in [-0.05, 0) is 56.0 Å². The Hall–Kier alpha value is -2.60. The number of esters is 2. The predicted molar refractivity (Wildman–Crippen MR) is 120 cm³/mol. The van der Waals surface area contributed by atoms with Crippen molar-refractivity contribution in [3.63, 3.8) is 0 Å². The second kappa shape index (κ2) is 10.4. The lowest BCUT2D eigenvalue weighted by Crippen LogP contribution is -2.28. The van der Waals surface area contributed by atoms with Crippen LogP contribution in [0.3, 0.4) is 0 Å². The van der Waals surface area contributed by atoms with Crippen LogP contribution in [0.1, 0.15) is 31.4 Å². The number of hydrogen-bond donors (Lipinski definition) is 0. The lowest BCUT2D eigenvalue weighted by molar-refractivity contribution is -0.161. The number of rotatable bonds is 9. The third-order valence-corrected chi connectivity index (χ3v) is 5.51. The molecule has 30 heavy (non-hydrogen) atoms. The molecule has 0 amide bonds. The van der Waals surface area contributed by atoms with Crippen molar-refractivity contribution in [2.24, 2.45) is 5.92 Å². The largest absolute Gasteiger partial charge is 0.465 e. The average molecular weight is 472 g/mol. The summed E-state index contributed by atoms with van der Waals surface area (Å²) >= 11 is 3.47. The number of fused-ring (bicyclic) bond motifs is 1. The fraction of sp³-hybridized carbons (Fsp3) is 0.333. The van der Waals surface area contributed by atoms with Crippen LogP contribution in [0, 0.1) is 5.92 Å². The first-order chi connectivity index (χ1) is 14.5. The van der Waals surface area contributed by atoms with E-state index in [4.69, 9.17) is 9.47 Å². The first-order valence-corrected chi connectivity index (χ1v) is 11.0. The summed E-state index contributed by atoms with van der Waals surface area (Å²) in [5.41, 5.74) is 3.42. The van der Waals surface area contributed by atoms with Crippen LogP contribution in [0.4, 0.5) is 0 Å². The van der Waals surface area contributed by atoms with Crippen molar-refractivity contribution in [2.45, 2.75) is 33.2 Å². The van der Waals surface area contributed by atoms with Gasteiger partial charge in [0, 0.05) is 28.1 Å². The molecule has 0 fully saturated rings. The van der Waals surface area contributed by atoms with Crippen molar-refractivity contribution in [2.75, 3.05) is 13.2 Å². The van der Waals surface area contributed by atoms with E-state index >= 15 is 0 Å². The normalized spacial score (nSPS) is 11.1. The molecule has 6 heteroatoms. The number of hydrogen-bond acceptors (Lipinski definition) is 4. The molecular formula is C24H26BrNO4. The summed E-state index contributed by atoms with van der Waals surface area (Å²) in [5, 5.41) is 1.13. The Morgan fingerprint density at radius 2 is 1.60 bits per heavy atom. The van der Waals surface area contributed by atoms with E-state index in [0.29, 0.717) is 12.8 Å². The molecule has 2 aromatic carbocycles. The summed E-state index contributed by atoms with van der Waals surface area (Å²) in [5.74, 6) is -1.94. The number of benzene rings is 2. The van der Waals surface area contributed by atoms with Crippen LogP contribution in [-0.2, 0) is 32.0 Å². The summed E-state index contributed by atoms with van der Waals surface area (Å²) in [6.07, 6.45) is 3.04. The summed E-state index contributed by atoms with van der Waals surface area (Å²) in [6, 6.07) is 16.4. The van der Waals surface area contributed by atoms with Gasteiger partial charge < -0.3 is 14.0 Å².